The maximum atomic E-state index is 13.2. The van der Waals surface area contributed by atoms with Gasteiger partial charge in [0.05, 0.1) is 4.88 Å². The van der Waals surface area contributed by atoms with E-state index in [0.717, 1.165) is 10.4 Å². The van der Waals surface area contributed by atoms with Gasteiger partial charge in [-0.25, -0.2) is 4.39 Å². The standard InChI is InChI=1S/C13H10BrFOS/c1-7-3-8(2)17-13(7)12(16)9-4-10(14)6-11(15)5-9/h3-6H,1-2H3. The lowest BCUT2D eigenvalue weighted by atomic mass is 10.1. The molecule has 1 nitrogen and oxygen atoms in total. The third kappa shape index (κ3) is 2.64. The first-order valence-electron chi connectivity index (χ1n) is 5.05. The Hall–Kier alpha value is -1.00. The van der Waals surface area contributed by atoms with Gasteiger partial charge in [-0.2, -0.15) is 0 Å². The van der Waals surface area contributed by atoms with E-state index in [0.29, 0.717) is 14.9 Å². The highest BCUT2D eigenvalue weighted by atomic mass is 79.9. The predicted molar refractivity (Wildman–Crippen MR) is 71.3 cm³/mol. The first kappa shape index (κ1) is 12.5. The molecule has 1 aromatic carbocycles. The summed E-state index contributed by atoms with van der Waals surface area (Å²) < 4.78 is 13.8. The summed E-state index contributed by atoms with van der Waals surface area (Å²) in [4.78, 5) is 14.0. The van der Waals surface area contributed by atoms with Gasteiger partial charge >= 0.3 is 0 Å². The predicted octanol–water partition coefficient (Wildman–Crippen LogP) is 4.50. The molecule has 17 heavy (non-hydrogen) atoms. The van der Waals surface area contributed by atoms with Crippen LogP contribution >= 0.6 is 27.3 Å². The second-order valence-corrected chi connectivity index (χ2v) is 6.03. The second-order valence-electron chi connectivity index (χ2n) is 3.86. The Morgan fingerprint density at radius 2 is 1.94 bits per heavy atom. The molecule has 0 spiro atoms. The highest BCUT2D eigenvalue weighted by Gasteiger charge is 2.15. The quantitative estimate of drug-likeness (QED) is 0.746. The smallest absolute Gasteiger partial charge is 0.203 e. The van der Waals surface area contributed by atoms with E-state index < -0.39 is 5.82 Å². The fraction of sp³-hybridized carbons (Fsp3) is 0.154. The maximum absolute atomic E-state index is 13.2. The lowest BCUT2D eigenvalue weighted by molar-refractivity contribution is 0.104. The SMILES string of the molecule is Cc1cc(C)c(C(=O)c2cc(F)cc(Br)c2)s1. The third-order valence-electron chi connectivity index (χ3n) is 2.37. The average Bonchev–Trinajstić information content (AvgIpc) is 2.55. The summed E-state index contributed by atoms with van der Waals surface area (Å²) in [7, 11) is 0. The van der Waals surface area contributed by atoms with Crippen molar-refractivity contribution in [3.05, 3.63) is 55.4 Å². The van der Waals surface area contributed by atoms with Crippen molar-refractivity contribution in [2.24, 2.45) is 0 Å². The maximum Gasteiger partial charge on any atom is 0.203 e. The van der Waals surface area contributed by atoms with Gasteiger partial charge in [-0.05, 0) is 43.7 Å². The zero-order chi connectivity index (χ0) is 12.6. The van der Waals surface area contributed by atoms with Crippen molar-refractivity contribution in [2.75, 3.05) is 0 Å². The van der Waals surface area contributed by atoms with Gasteiger partial charge in [0, 0.05) is 14.9 Å². The van der Waals surface area contributed by atoms with E-state index in [-0.39, 0.29) is 5.78 Å². The van der Waals surface area contributed by atoms with E-state index >= 15 is 0 Å². The molecule has 4 heteroatoms. The first-order chi connectivity index (χ1) is 7.97. The highest BCUT2D eigenvalue weighted by Crippen LogP contribution is 2.25. The van der Waals surface area contributed by atoms with E-state index in [1.54, 1.807) is 6.07 Å². The van der Waals surface area contributed by atoms with Gasteiger partial charge in [-0.3, -0.25) is 4.79 Å². The largest absolute Gasteiger partial charge is 0.288 e. The van der Waals surface area contributed by atoms with Crippen molar-refractivity contribution in [3.8, 4) is 0 Å². The molecule has 0 fully saturated rings. The van der Waals surface area contributed by atoms with Crippen LogP contribution in [-0.4, -0.2) is 5.78 Å². The summed E-state index contributed by atoms with van der Waals surface area (Å²) in [6.45, 7) is 3.85. The minimum atomic E-state index is -0.409. The molecule has 0 unspecified atom stereocenters. The highest BCUT2D eigenvalue weighted by molar-refractivity contribution is 9.10. The number of carbonyl (C=O) groups is 1. The van der Waals surface area contributed by atoms with Crippen LogP contribution < -0.4 is 0 Å². The Kier molecular flexibility index (Phi) is 3.45. The molecule has 1 heterocycles. The lowest BCUT2D eigenvalue weighted by Gasteiger charge is -2.01. The summed E-state index contributed by atoms with van der Waals surface area (Å²) in [6.07, 6.45) is 0. The number of rotatable bonds is 2. The van der Waals surface area contributed by atoms with E-state index in [9.17, 15) is 9.18 Å². The van der Waals surface area contributed by atoms with Crippen molar-refractivity contribution in [2.45, 2.75) is 13.8 Å². The first-order valence-corrected chi connectivity index (χ1v) is 6.66. The molecule has 0 saturated carbocycles. The van der Waals surface area contributed by atoms with E-state index in [1.807, 2.05) is 19.9 Å². The van der Waals surface area contributed by atoms with E-state index in [1.165, 1.54) is 23.5 Å². The Labute approximate surface area is 111 Å². The summed E-state index contributed by atoms with van der Waals surface area (Å²) >= 11 is 4.63. The molecule has 0 saturated heterocycles. The van der Waals surface area contributed by atoms with Crippen molar-refractivity contribution in [3.63, 3.8) is 0 Å². The van der Waals surface area contributed by atoms with Crippen LogP contribution in [0.5, 0.6) is 0 Å². The molecule has 0 radical (unpaired) electrons. The zero-order valence-electron chi connectivity index (χ0n) is 9.38. The van der Waals surface area contributed by atoms with Crippen LogP contribution in [0.4, 0.5) is 4.39 Å². The number of hydrogen-bond acceptors (Lipinski definition) is 2. The van der Waals surface area contributed by atoms with Crippen LogP contribution in [0.15, 0.2) is 28.7 Å². The molecule has 2 rings (SSSR count). The fourth-order valence-electron chi connectivity index (χ4n) is 1.68. The summed E-state index contributed by atoms with van der Waals surface area (Å²) in [5, 5.41) is 0. The molecule has 0 aliphatic heterocycles. The van der Waals surface area contributed by atoms with Gasteiger partial charge in [0.2, 0.25) is 5.78 Å². The molecule has 0 N–H and O–H groups in total. The number of hydrogen-bond donors (Lipinski definition) is 0. The molecular formula is C13H10BrFOS. The Bertz CT molecular complexity index is 569. The number of benzene rings is 1. The monoisotopic (exact) mass is 312 g/mol. The normalized spacial score (nSPS) is 10.6. The van der Waals surface area contributed by atoms with Crippen molar-refractivity contribution >= 4 is 33.0 Å². The molecule has 2 aromatic rings. The summed E-state index contributed by atoms with van der Waals surface area (Å²) in [6, 6.07) is 6.21. The van der Waals surface area contributed by atoms with Gasteiger partial charge in [-0.15, -0.1) is 11.3 Å². The summed E-state index contributed by atoms with van der Waals surface area (Å²) in [5.41, 5.74) is 1.32. The van der Waals surface area contributed by atoms with Gasteiger partial charge in [0.15, 0.2) is 0 Å². The topological polar surface area (TPSA) is 17.1 Å². The van der Waals surface area contributed by atoms with E-state index in [2.05, 4.69) is 15.9 Å². The molecule has 1 aromatic heterocycles. The molecule has 0 aliphatic carbocycles. The Morgan fingerprint density at radius 3 is 2.47 bits per heavy atom. The molecule has 0 aliphatic rings. The molecule has 0 bridgehead atoms. The van der Waals surface area contributed by atoms with Crippen molar-refractivity contribution in [1.82, 2.24) is 0 Å². The molecular weight excluding hydrogens is 303 g/mol. The minimum Gasteiger partial charge on any atom is -0.288 e. The minimum absolute atomic E-state index is 0.124. The van der Waals surface area contributed by atoms with Crippen LogP contribution in [0.25, 0.3) is 0 Å². The zero-order valence-corrected chi connectivity index (χ0v) is 11.8. The van der Waals surface area contributed by atoms with Gasteiger partial charge in [0.25, 0.3) is 0 Å². The van der Waals surface area contributed by atoms with Crippen molar-refractivity contribution in [1.29, 1.82) is 0 Å². The summed E-state index contributed by atoms with van der Waals surface area (Å²) in [5.74, 6) is -0.533. The van der Waals surface area contributed by atoms with Crippen LogP contribution in [0.2, 0.25) is 0 Å². The van der Waals surface area contributed by atoms with Crippen LogP contribution in [0, 0.1) is 19.7 Å². The molecule has 88 valence electrons. The molecule has 0 atom stereocenters. The van der Waals surface area contributed by atoms with E-state index in [4.69, 9.17) is 0 Å². The third-order valence-corrected chi connectivity index (χ3v) is 3.98. The van der Waals surface area contributed by atoms with Gasteiger partial charge in [-0.1, -0.05) is 15.9 Å². The number of aryl methyl sites for hydroxylation is 2. The fourth-order valence-corrected chi connectivity index (χ4v) is 3.14. The number of ketones is 1. The van der Waals surface area contributed by atoms with Crippen LogP contribution in [-0.2, 0) is 0 Å². The number of halogens is 2. The van der Waals surface area contributed by atoms with Crippen LogP contribution in [0.3, 0.4) is 0 Å². The van der Waals surface area contributed by atoms with Gasteiger partial charge in [0.1, 0.15) is 5.82 Å². The second kappa shape index (κ2) is 4.70. The Balaban J connectivity index is 2.47. The van der Waals surface area contributed by atoms with Gasteiger partial charge < -0.3 is 0 Å². The average molecular weight is 313 g/mol. The lowest BCUT2D eigenvalue weighted by Crippen LogP contribution is -2.01. The Morgan fingerprint density at radius 1 is 1.24 bits per heavy atom. The van der Waals surface area contributed by atoms with Crippen molar-refractivity contribution < 1.29 is 9.18 Å². The van der Waals surface area contributed by atoms with Crippen LogP contribution in [0.1, 0.15) is 25.7 Å². The number of carbonyl (C=O) groups excluding carboxylic acids is 1. The number of thiophene rings is 1. The molecule has 0 amide bonds.